The van der Waals surface area contributed by atoms with Crippen molar-refractivity contribution in [1.29, 1.82) is 0 Å². The van der Waals surface area contributed by atoms with Gasteiger partial charge in [0.25, 0.3) is 13.5 Å². The normalized spacial score (nSPS) is 20.3. The highest BCUT2D eigenvalue weighted by atomic mass is 32.2. The van der Waals surface area contributed by atoms with Crippen LogP contribution in [-0.4, -0.2) is 83.4 Å². The van der Waals surface area contributed by atoms with Gasteiger partial charge in [-0.25, -0.2) is 13.1 Å². The third kappa shape index (κ3) is 11.3. The van der Waals surface area contributed by atoms with E-state index in [4.69, 9.17) is 18.0 Å². The predicted octanol–water partition coefficient (Wildman–Crippen LogP) is 11.0. The van der Waals surface area contributed by atoms with Crippen LogP contribution in [0, 0.1) is 5.92 Å². The van der Waals surface area contributed by atoms with Crippen molar-refractivity contribution in [3.63, 3.8) is 0 Å². The number of benzene rings is 2. The Kier molecular flexibility index (Phi) is 16.8. The number of aromatic nitrogens is 4. The van der Waals surface area contributed by atoms with Gasteiger partial charge in [-0.05, 0) is 113 Å². The number of rotatable bonds is 19. The molecule has 1 aliphatic rings. The van der Waals surface area contributed by atoms with Gasteiger partial charge in [0, 0.05) is 12.5 Å². The molecule has 1 saturated heterocycles. The maximum atomic E-state index is 14.3. The van der Waals surface area contributed by atoms with Gasteiger partial charge in [0.2, 0.25) is 18.2 Å². The number of hydrogen-bond acceptors (Lipinski definition) is 9. The summed E-state index contributed by atoms with van der Waals surface area (Å²) >= 11 is 0. The van der Waals surface area contributed by atoms with E-state index in [2.05, 4.69) is 179 Å². The van der Waals surface area contributed by atoms with Crippen LogP contribution in [0.3, 0.4) is 0 Å². The quantitative estimate of drug-likeness (QED) is 0.108. The van der Waals surface area contributed by atoms with E-state index >= 15 is 0 Å². The van der Waals surface area contributed by atoms with Crippen molar-refractivity contribution in [1.82, 2.24) is 20.2 Å². The lowest BCUT2D eigenvalue weighted by Gasteiger charge is -2.46. The molecule has 10 nitrogen and oxygen atoms in total. The highest BCUT2D eigenvalue weighted by Gasteiger charge is 2.55. The number of sulfone groups is 1. The smallest absolute Gasteiger partial charge is 0.268 e. The summed E-state index contributed by atoms with van der Waals surface area (Å²) in [6, 6.07) is 21.5. The van der Waals surface area contributed by atoms with Crippen molar-refractivity contribution >= 4 is 45.2 Å². The molecule has 0 aliphatic carbocycles. The maximum absolute atomic E-state index is 14.3. The summed E-state index contributed by atoms with van der Waals surface area (Å²) in [6.45, 7) is 41.9. The second-order valence-corrected chi connectivity index (χ2v) is 39.5. The number of tetrazole rings is 1. The van der Waals surface area contributed by atoms with Crippen LogP contribution < -0.4 is 10.4 Å². The molecule has 0 bridgehead atoms. The van der Waals surface area contributed by atoms with Crippen LogP contribution in [0.1, 0.15) is 143 Å². The zero-order chi connectivity index (χ0) is 46.9. The molecule has 2 heterocycles. The van der Waals surface area contributed by atoms with E-state index in [0.717, 1.165) is 6.42 Å². The van der Waals surface area contributed by atoms with Crippen molar-refractivity contribution in [2.24, 2.45) is 5.92 Å². The minimum Gasteiger partial charge on any atom is -0.413 e. The lowest BCUT2D eigenvalue weighted by atomic mass is 9.94. The van der Waals surface area contributed by atoms with Crippen LogP contribution in [0.4, 0.5) is 0 Å². The van der Waals surface area contributed by atoms with Crippen LogP contribution in [0.2, 0.25) is 39.8 Å². The first-order chi connectivity index (χ1) is 28.4. The molecule has 6 unspecified atom stereocenters. The van der Waals surface area contributed by atoms with Crippen molar-refractivity contribution < 1.29 is 26.4 Å². The Morgan fingerprint density at radius 2 is 1.24 bits per heavy atom. The molecular formula is C48H84N4O6SSi3. The van der Waals surface area contributed by atoms with Gasteiger partial charge in [0.1, 0.15) is 0 Å². The lowest BCUT2D eigenvalue weighted by Crippen LogP contribution is -2.68. The first-order valence-corrected chi connectivity index (χ1v) is 31.7. The number of nitrogens with zero attached hydrogens (tertiary/aromatic N) is 4. The largest absolute Gasteiger partial charge is 0.413 e. The zero-order valence-corrected chi connectivity index (χ0v) is 45.8. The Bertz CT molecular complexity index is 1910. The second kappa shape index (κ2) is 19.8. The Balaban J connectivity index is 1.73. The SMILES string of the molecule is CC(CC1CC(O[Si](C)(C)C(C)(C)C)C(O[Si](c2ccccc2)(c2ccccc2)C(C)(C)C)O1)CC(CC(C)S(=O)(=O)c1nnnn1C(C)(C)C)O[Si](C(C)C)(C(C)C)C(C)C. The van der Waals surface area contributed by atoms with Crippen LogP contribution >= 0.6 is 0 Å². The van der Waals surface area contributed by atoms with Gasteiger partial charge >= 0.3 is 0 Å². The summed E-state index contributed by atoms with van der Waals surface area (Å²) in [5.41, 5.74) is 0.417. The van der Waals surface area contributed by atoms with E-state index in [1.165, 1.54) is 15.1 Å². The summed E-state index contributed by atoms with van der Waals surface area (Å²) < 4.78 is 59.8. The van der Waals surface area contributed by atoms with Gasteiger partial charge in [0.15, 0.2) is 14.6 Å². The molecule has 14 heteroatoms. The van der Waals surface area contributed by atoms with Crippen molar-refractivity contribution in [2.45, 2.75) is 224 Å². The molecule has 0 saturated carbocycles. The van der Waals surface area contributed by atoms with Gasteiger partial charge in [-0.1, -0.05) is 156 Å². The zero-order valence-electron chi connectivity index (χ0n) is 41.9. The molecule has 1 aliphatic heterocycles. The molecular weight excluding hydrogens is 845 g/mol. The fraction of sp³-hybridized carbons (Fsp3) is 0.729. The summed E-state index contributed by atoms with van der Waals surface area (Å²) in [5, 5.41) is 13.3. The van der Waals surface area contributed by atoms with Crippen LogP contribution in [0.15, 0.2) is 65.8 Å². The summed E-state index contributed by atoms with van der Waals surface area (Å²) in [7, 11) is -11.5. The molecule has 350 valence electrons. The van der Waals surface area contributed by atoms with Gasteiger partial charge in [0.05, 0.1) is 23.0 Å². The van der Waals surface area contributed by atoms with Crippen molar-refractivity contribution in [3.8, 4) is 0 Å². The van der Waals surface area contributed by atoms with E-state index < -0.39 is 51.9 Å². The fourth-order valence-electron chi connectivity index (χ4n) is 9.82. The lowest BCUT2D eigenvalue weighted by molar-refractivity contribution is -0.115. The molecule has 62 heavy (non-hydrogen) atoms. The van der Waals surface area contributed by atoms with E-state index in [1.54, 1.807) is 6.92 Å². The van der Waals surface area contributed by atoms with E-state index in [-0.39, 0.29) is 39.5 Å². The Labute approximate surface area is 380 Å². The Hall–Kier alpha value is -2.05. The molecule has 0 amide bonds. The predicted molar refractivity (Wildman–Crippen MR) is 262 cm³/mol. The average Bonchev–Trinajstić information content (AvgIpc) is 3.80. The molecule has 0 spiro atoms. The van der Waals surface area contributed by atoms with Crippen LogP contribution in [0.25, 0.3) is 0 Å². The monoisotopic (exact) mass is 929 g/mol. The number of hydrogen-bond donors (Lipinski definition) is 0. The first-order valence-electron chi connectivity index (χ1n) is 23.2. The first kappa shape index (κ1) is 52.6. The van der Waals surface area contributed by atoms with Crippen molar-refractivity contribution in [3.05, 3.63) is 60.7 Å². The Morgan fingerprint density at radius 3 is 1.68 bits per heavy atom. The minimum atomic E-state index is -3.89. The molecule has 4 rings (SSSR count). The van der Waals surface area contributed by atoms with E-state index in [1.807, 2.05) is 20.8 Å². The highest BCUT2D eigenvalue weighted by molar-refractivity contribution is 7.91. The molecule has 0 N–H and O–H groups in total. The molecule has 6 atom stereocenters. The van der Waals surface area contributed by atoms with Crippen LogP contribution in [-0.2, 0) is 33.4 Å². The molecule has 3 aromatic rings. The van der Waals surface area contributed by atoms with Gasteiger partial charge < -0.3 is 18.0 Å². The molecule has 1 aromatic heterocycles. The standard InChI is InChI=1S/C48H84N4O6SSi3/c1-34(2)61(35(3)4,36(5)6)56-40(32-38(8)59(53,54)45-49-50-51-52(45)46(9,10)11)31-37(7)30-39-33-43(57-60(18,19)47(12,13)14)44(55-39)58-62(48(15,16)17,41-26-22-20-23-27-41)42-28-24-21-25-29-42/h20-29,34-40,43-44H,30-33H2,1-19H3. The maximum Gasteiger partial charge on any atom is 0.268 e. The van der Waals surface area contributed by atoms with E-state index in [9.17, 15) is 8.42 Å². The highest BCUT2D eigenvalue weighted by Crippen LogP contribution is 2.46. The average molecular weight is 930 g/mol. The third-order valence-corrected chi connectivity index (χ3v) is 31.6. The minimum absolute atomic E-state index is 0.00227. The summed E-state index contributed by atoms with van der Waals surface area (Å²) in [4.78, 5) is 0. The number of ether oxygens (including phenoxy) is 1. The van der Waals surface area contributed by atoms with Gasteiger partial charge in [-0.15, -0.1) is 0 Å². The summed E-state index contributed by atoms with van der Waals surface area (Å²) in [5.74, 6) is 0.151. The van der Waals surface area contributed by atoms with Crippen LogP contribution in [0.5, 0.6) is 0 Å². The van der Waals surface area contributed by atoms with Crippen molar-refractivity contribution in [2.75, 3.05) is 0 Å². The fourth-order valence-corrected chi connectivity index (χ4v) is 22.8. The van der Waals surface area contributed by atoms with Gasteiger partial charge in [-0.2, -0.15) is 0 Å². The molecule has 1 fully saturated rings. The molecule has 2 aromatic carbocycles. The third-order valence-electron chi connectivity index (χ3n) is 14.0. The topological polar surface area (TPSA) is 115 Å². The van der Waals surface area contributed by atoms with Gasteiger partial charge in [-0.3, -0.25) is 0 Å². The second-order valence-electron chi connectivity index (χ2n) is 22.8. The Morgan fingerprint density at radius 1 is 0.742 bits per heavy atom. The summed E-state index contributed by atoms with van der Waals surface area (Å²) in [6.07, 6.45) is 1.28. The van der Waals surface area contributed by atoms with E-state index in [0.29, 0.717) is 35.9 Å². The molecule has 0 radical (unpaired) electrons.